The summed E-state index contributed by atoms with van der Waals surface area (Å²) in [4.78, 5) is 12.6. The van der Waals surface area contributed by atoms with Gasteiger partial charge < -0.3 is 4.74 Å². The van der Waals surface area contributed by atoms with Crippen LogP contribution in [0.5, 0.6) is 0 Å². The number of carbonyl (C=O) groups is 1. The standard InChI is InChI=1S/C14H18N2O2S/c1-3-4-9-5-6-10-11(8-15)13(16-14(17)18-2)19-12(10)7-9/h9H,3-7H2,1-2H3,(H,16,17)/t9-/m0/s1. The molecule has 1 heterocycles. The van der Waals surface area contributed by atoms with E-state index in [1.54, 1.807) is 0 Å². The molecule has 1 aliphatic rings. The predicted molar refractivity (Wildman–Crippen MR) is 75.5 cm³/mol. The third kappa shape index (κ3) is 2.90. The predicted octanol–water partition coefficient (Wildman–Crippen LogP) is 3.70. The van der Waals surface area contributed by atoms with E-state index < -0.39 is 6.09 Å². The summed E-state index contributed by atoms with van der Waals surface area (Å²) in [5.74, 6) is 0.716. The summed E-state index contributed by atoms with van der Waals surface area (Å²) < 4.78 is 4.59. The quantitative estimate of drug-likeness (QED) is 0.917. The van der Waals surface area contributed by atoms with Crippen molar-refractivity contribution in [2.24, 2.45) is 5.92 Å². The molecule has 0 saturated heterocycles. The Morgan fingerprint density at radius 1 is 1.63 bits per heavy atom. The summed E-state index contributed by atoms with van der Waals surface area (Å²) in [7, 11) is 1.33. The molecule has 1 aromatic heterocycles. The number of amides is 1. The maximum absolute atomic E-state index is 11.3. The maximum Gasteiger partial charge on any atom is 0.411 e. The van der Waals surface area contributed by atoms with Crippen LogP contribution in [0.25, 0.3) is 0 Å². The summed E-state index contributed by atoms with van der Waals surface area (Å²) in [6.45, 7) is 2.20. The number of thiophene rings is 1. The van der Waals surface area contributed by atoms with Crippen molar-refractivity contribution >= 4 is 22.4 Å². The van der Waals surface area contributed by atoms with Crippen LogP contribution in [0.15, 0.2) is 0 Å². The Balaban J connectivity index is 2.24. The van der Waals surface area contributed by atoms with Crippen molar-refractivity contribution in [1.82, 2.24) is 0 Å². The van der Waals surface area contributed by atoms with Crippen molar-refractivity contribution in [2.45, 2.75) is 39.0 Å². The third-order valence-corrected chi connectivity index (χ3v) is 4.75. The molecule has 0 bridgehead atoms. The summed E-state index contributed by atoms with van der Waals surface area (Å²) in [6, 6.07) is 2.22. The van der Waals surface area contributed by atoms with Crippen LogP contribution in [0.4, 0.5) is 9.80 Å². The van der Waals surface area contributed by atoms with Gasteiger partial charge in [0.1, 0.15) is 11.1 Å². The van der Waals surface area contributed by atoms with Crippen molar-refractivity contribution in [1.29, 1.82) is 5.26 Å². The fourth-order valence-electron chi connectivity index (χ4n) is 2.66. The number of nitrogens with zero attached hydrogens (tertiary/aromatic N) is 1. The number of rotatable bonds is 3. The molecule has 1 aliphatic carbocycles. The van der Waals surface area contributed by atoms with Gasteiger partial charge in [-0.2, -0.15) is 5.26 Å². The highest BCUT2D eigenvalue weighted by atomic mass is 32.1. The second kappa shape index (κ2) is 6.07. The molecule has 19 heavy (non-hydrogen) atoms. The normalized spacial score (nSPS) is 17.4. The lowest BCUT2D eigenvalue weighted by molar-refractivity contribution is 0.187. The lowest BCUT2D eigenvalue weighted by Gasteiger charge is -2.21. The van der Waals surface area contributed by atoms with E-state index >= 15 is 0 Å². The molecule has 0 spiro atoms. The van der Waals surface area contributed by atoms with Gasteiger partial charge in [0.2, 0.25) is 0 Å². The Bertz CT molecular complexity index is 516. The first kappa shape index (κ1) is 13.9. The molecule has 0 aromatic carbocycles. The molecule has 1 amide bonds. The first-order valence-electron chi connectivity index (χ1n) is 6.59. The molecule has 4 nitrogen and oxygen atoms in total. The molecule has 1 atom stereocenters. The average molecular weight is 278 g/mol. The van der Waals surface area contributed by atoms with Gasteiger partial charge in [-0.05, 0) is 30.7 Å². The molecule has 0 fully saturated rings. The topological polar surface area (TPSA) is 62.1 Å². The molecule has 2 rings (SSSR count). The highest BCUT2D eigenvalue weighted by Crippen LogP contribution is 2.40. The van der Waals surface area contributed by atoms with Crippen LogP contribution in [0.2, 0.25) is 0 Å². The molecule has 0 unspecified atom stereocenters. The highest BCUT2D eigenvalue weighted by molar-refractivity contribution is 7.16. The number of nitriles is 1. The van der Waals surface area contributed by atoms with E-state index in [-0.39, 0.29) is 0 Å². The van der Waals surface area contributed by atoms with E-state index in [9.17, 15) is 10.1 Å². The Morgan fingerprint density at radius 2 is 2.42 bits per heavy atom. The van der Waals surface area contributed by atoms with Gasteiger partial charge in [-0.1, -0.05) is 19.8 Å². The zero-order valence-electron chi connectivity index (χ0n) is 11.3. The zero-order valence-corrected chi connectivity index (χ0v) is 12.1. The van der Waals surface area contributed by atoms with E-state index in [0.717, 1.165) is 24.8 Å². The Morgan fingerprint density at radius 3 is 3.05 bits per heavy atom. The summed E-state index contributed by atoms with van der Waals surface area (Å²) in [5.41, 5.74) is 1.76. The van der Waals surface area contributed by atoms with Gasteiger partial charge in [0.25, 0.3) is 0 Å². The van der Waals surface area contributed by atoms with Crippen molar-refractivity contribution in [2.75, 3.05) is 12.4 Å². The number of nitrogens with one attached hydrogen (secondary N) is 1. The average Bonchev–Trinajstić information content (AvgIpc) is 2.75. The van der Waals surface area contributed by atoms with Crippen LogP contribution >= 0.6 is 11.3 Å². The zero-order chi connectivity index (χ0) is 13.8. The van der Waals surface area contributed by atoms with Crippen LogP contribution in [0.3, 0.4) is 0 Å². The van der Waals surface area contributed by atoms with Crippen LogP contribution < -0.4 is 5.32 Å². The first-order valence-corrected chi connectivity index (χ1v) is 7.40. The van der Waals surface area contributed by atoms with Gasteiger partial charge in [-0.25, -0.2) is 4.79 Å². The van der Waals surface area contributed by atoms with Gasteiger partial charge in [0.15, 0.2) is 0 Å². The minimum Gasteiger partial charge on any atom is -0.453 e. The first-order chi connectivity index (χ1) is 9.19. The molecule has 0 saturated carbocycles. The van der Waals surface area contributed by atoms with Crippen LogP contribution in [0, 0.1) is 17.2 Å². The smallest absolute Gasteiger partial charge is 0.411 e. The van der Waals surface area contributed by atoms with E-state index in [0.29, 0.717) is 16.5 Å². The van der Waals surface area contributed by atoms with Crippen LogP contribution in [-0.2, 0) is 17.6 Å². The fraction of sp³-hybridized carbons (Fsp3) is 0.571. The van der Waals surface area contributed by atoms with E-state index in [1.165, 1.54) is 36.2 Å². The van der Waals surface area contributed by atoms with Crippen molar-refractivity contribution in [3.63, 3.8) is 0 Å². The number of anilines is 1. The van der Waals surface area contributed by atoms with Gasteiger partial charge >= 0.3 is 6.09 Å². The summed E-state index contributed by atoms with van der Waals surface area (Å²) >= 11 is 1.53. The molecular formula is C14H18N2O2S. The number of carbonyl (C=O) groups excluding carboxylic acids is 1. The Kier molecular flexibility index (Phi) is 4.43. The lowest BCUT2D eigenvalue weighted by Crippen LogP contribution is -2.13. The molecule has 5 heteroatoms. The number of ether oxygens (including phenoxy) is 1. The maximum atomic E-state index is 11.3. The number of hydrogen-bond donors (Lipinski definition) is 1. The molecule has 1 aromatic rings. The molecule has 0 aliphatic heterocycles. The largest absolute Gasteiger partial charge is 0.453 e. The SMILES string of the molecule is CCC[C@H]1CCc2c(sc(NC(=O)OC)c2C#N)C1. The number of methoxy groups -OCH3 is 1. The van der Waals surface area contributed by atoms with E-state index in [2.05, 4.69) is 23.0 Å². The second-order valence-corrected chi connectivity index (χ2v) is 5.94. The Labute approximate surface area is 117 Å². The fourth-order valence-corrected chi connectivity index (χ4v) is 3.96. The lowest BCUT2D eigenvalue weighted by atomic mass is 9.85. The van der Waals surface area contributed by atoms with Gasteiger partial charge in [0.05, 0.1) is 12.7 Å². The monoisotopic (exact) mass is 278 g/mol. The number of fused-ring (bicyclic) bond motifs is 1. The van der Waals surface area contributed by atoms with Gasteiger partial charge in [-0.15, -0.1) is 11.3 Å². The highest BCUT2D eigenvalue weighted by Gasteiger charge is 2.26. The van der Waals surface area contributed by atoms with Crippen LogP contribution in [0.1, 0.15) is 42.2 Å². The van der Waals surface area contributed by atoms with Gasteiger partial charge in [0, 0.05) is 4.88 Å². The van der Waals surface area contributed by atoms with Crippen LogP contribution in [-0.4, -0.2) is 13.2 Å². The van der Waals surface area contributed by atoms with Crippen molar-refractivity contribution in [3.8, 4) is 6.07 Å². The molecule has 0 radical (unpaired) electrons. The summed E-state index contributed by atoms with van der Waals surface area (Å²) in [6.07, 6.45) is 5.04. The summed E-state index contributed by atoms with van der Waals surface area (Å²) in [5, 5.41) is 12.6. The van der Waals surface area contributed by atoms with Crippen molar-refractivity contribution in [3.05, 3.63) is 16.0 Å². The number of hydrogen-bond acceptors (Lipinski definition) is 4. The Hall–Kier alpha value is -1.54. The minimum absolute atomic E-state index is 0.514. The molecule has 102 valence electrons. The molecule has 1 N–H and O–H groups in total. The van der Waals surface area contributed by atoms with Crippen molar-refractivity contribution < 1.29 is 9.53 Å². The second-order valence-electron chi connectivity index (χ2n) is 4.83. The van der Waals surface area contributed by atoms with Gasteiger partial charge in [-0.3, -0.25) is 5.32 Å². The minimum atomic E-state index is -0.514. The third-order valence-electron chi connectivity index (χ3n) is 3.58. The molecular weight excluding hydrogens is 260 g/mol. The van der Waals surface area contributed by atoms with E-state index in [1.807, 2.05) is 0 Å². The van der Waals surface area contributed by atoms with E-state index in [4.69, 9.17) is 0 Å².